The number of hydrogen-bond donors (Lipinski definition) is 1. The molecule has 0 aliphatic carbocycles. The minimum atomic E-state index is 0.908. The SMILES string of the molecule is CCCCN(CCCC)c1cc(CNC)ccn1. The number of hydrogen-bond acceptors (Lipinski definition) is 3. The highest BCUT2D eigenvalue weighted by molar-refractivity contribution is 5.40. The number of rotatable bonds is 9. The molecule has 3 nitrogen and oxygen atoms in total. The van der Waals surface area contributed by atoms with E-state index >= 15 is 0 Å². The van der Waals surface area contributed by atoms with Gasteiger partial charge in [-0.2, -0.15) is 0 Å². The highest BCUT2D eigenvalue weighted by atomic mass is 15.2. The van der Waals surface area contributed by atoms with Gasteiger partial charge in [-0.15, -0.1) is 0 Å². The van der Waals surface area contributed by atoms with Crippen molar-refractivity contribution in [1.29, 1.82) is 0 Å². The van der Waals surface area contributed by atoms with Crippen molar-refractivity contribution in [1.82, 2.24) is 10.3 Å². The third-order valence-corrected chi connectivity index (χ3v) is 3.08. The first-order valence-corrected chi connectivity index (χ1v) is 7.16. The summed E-state index contributed by atoms with van der Waals surface area (Å²) in [4.78, 5) is 6.95. The predicted molar refractivity (Wildman–Crippen MR) is 79.0 cm³/mol. The summed E-state index contributed by atoms with van der Waals surface area (Å²) in [6.07, 6.45) is 6.87. The fourth-order valence-corrected chi connectivity index (χ4v) is 1.99. The Kier molecular flexibility index (Phi) is 7.42. The van der Waals surface area contributed by atoms with Gasteiger partial charge < -0.3 is 10.2 Å². The fourth-order valence-electron chi connectivity index (χ4n) is 1.99. The Labute approximate surface area is 112 Å². The number of nitrogens with zero attached hydrogens (tertiary/aromatic N) is 2. The van der Waals surface area contributed by atoms with E-state index < -0.39 is 0 Å². The number of pyridine rings is 1. The molecule has 0 radical (unpaired) electrons. The molecular weight excluding hydrogens is 222 g/mol. The molecular formula is C15H27N3. The molecule has 1 aromatic heterocycles. The minimum Gasteiger partial charge on any atom is -0.357 e. The molecule has 1 heterocycles. The molecule has 0 bridgehead atoms. The molecule has 3 heteroatoms. The molecule has 1 rings (SSSR count). The largest absolute Gasteiger partial charge is 0.357 e. The molecule has 0 saturated carbocycles. The average Bonchev–Trinajstić information content (AvgIpc) is 2.40. The zero-order chi connectivity index (χ0) is 13.2. The molecule has 1 N–H and O–H groups in total. The zero-order valence-corrected chi connectivity index (χ0v) is 12.1. The van der Waals surface area contributed by atoms with Crippen LogP contribution in [0.25, 0.3) is 0 Å². The van der Waals surface area contributed by atoms with Crippen molar-refractivity contribution in [3.63, 3.8) is 0 Å². The second-order valence-corrected chi connectivity index (χ2v) is 4.75. The average molecular weight is 249 g/mol. The first kappa shape index (κ1) is 15.0. The molecule has 0 spiro atoms. The van der Waals surface area contributed by atoms with Crippen molar-refractivity contribution in [2.45, 2.75) is 46.1 Å². The van der Waals surface area contributed by atoms with E-state index in [2.05, 4.69) is 41.2 Å². The van der Waals surface area contributed by atoms with Crippen LogP contribution in [0.4, 0.5) is 5.82 Å². The van der Waals surface area contributed by atoms with Crippen molar-refractivity contribution in [3.8, 4) is 0 Å². The van der Waals surface area contributed by atoms with E-state index in [1.165, 1.54) is 31.2 Å². The number of aromatic nitrogens is 1. The third kappa shape index (κ3) is 5.05. The molecule has 0 aliphatic rings. The summed E-state index contributed by atoms with van der Waals surface area (Å²) in [5.41, 5.74) is 1.31. The fraction of sp³-hybridized carbons (Fsp3) is 0.667. The first-order valence-electron chi connectivity index (χ1n) is 7.16. The molecule has 0 aliphatic heterocycles. The normalized spacial score (nSPS) is 10.6. The lowest BCUT2D eigenvalue weighted by Gasteiger charge is -2.24. The second-order valence-electron chi connectivity index (χ2n) is 4.75. The summed E-state index contributed by atoms with van der Waals surface area (Å²) in [7, 11) is 1.98. The Morgan fingerprint density at radius 3 is 2.39 bits per heavy atom. The topological polar surface area (TPSA) is 28.2 Å². The van der Waals surface area contributed by atoms with Crippen LogP contribution in [0.15, 0.2) is 18.3 Å². The maximum atomic E-state index is 4.53. The van der Waals surface area contributed by atoms with E-state index in [1.807, 2.05) is 13.2 Å². The van der Waals surface area contributed by atoms with Crippen molar-refractivity contribution >= 4 is 5.82 Å². The minimum absolute atomic E-state index is 0.908. The van der Waals surface area contributed by atoms with Crippen molar-refractivity contribution in [3.05, 3.63) is 23.9 Å². The van der Waals surface area contributed by atoms with E-state index in [0.717, 1.165) is 25.5 Å². The van der Waals surface area contributed by atoms with E-state index in [1.54, 1.807) is 0 Å². The summed E-state index contributed by atoms with van der Waals surface area (Å²) in [6.45, 7) is 7.62. The molecule has 0 saturated heterocycles. The van der Waals surface area contributed by atoms with Gasteiger partial charge in [0.25, 0.3) is 0 Å². The van der Waals surface area contributed by atoms with E-state index in [-0.39, 0.29) is 0 Å². The lowest BCUT2D eigenvalue weighted by molar-refractivity contribution is 0.670. The quantitative estimate of drug-likeness (QED) is 0.728. The molecule has 0 fully saturated rings. The van der Waals surface area contributed by atoms with Gasteiger partial charge in [0, 0.05) is 25.8 Å². The van der Waals surface area contributed by atoms with Crippen LogP contribution >= 0.6 is 0 Å². The van der Waals surface area contributed by atoms with Gasteiger partial charge >= 0.3 is 0 Å². The van der Waals surface area contributed by atoms with Crippen LogP contribution < -0.4 is 10.2 Å². The summed E-state index contributed by atoms with van der Waals surface area (Å²) in [5, 5.41) is 3.19. The van der Waals surface area contributed by atoms with Gasteiger partial charge in [0.2, 0.25) is 0 Å². The predicted octanol–water partition coefficient (Wildman–Crippen LogP) is 3.21. The van der Waals surface area contributed by atoms with E-state index in [9.17, 15) is 0 Å². The van der Waals surface area contributed by atoms with Crippen LogP contribution in [0.5, 0.6) is 0 Å². The number of unbranched alkanes of at least 4 members (excludes halogenated alkanes) is 2. The smallest absolute Gasteiger partial charge is 0.128 e. The van der Waals surface area contributed by atoms with Gasteiger partial charge in [0.15, 0.2) is 0 Å². The molecule has 0 amide bonds. The van der Waals surface area contributed by atoms with Gasteiger partial charge in [-0.25, -0.2) is 4.98 Å². The molecule has 18 heavy (non-hydrogen) atoms. The van der Waals surface area contributed by atoms with E-state index in [4.69, 9.17) is 0 Å². The zero-order valence-electron chi connectivity index (χ0n) is 12.1. The second kappa shape index (κ2) is 8.92. The maximum absolute atomic E-state index is 4.53. The Balaban J connectivity index is 2.72. The van der Waals surface area contributed by atoms with Crippen molar-refractivity contribution in [2.24, 2.45) is 0 Å². The Hall–Kier alpha value is -1.09. The van der Waals surface area contributed by atoms with Crippen LogP contribution in [0.2, 0.25) is 0 Å². The molecule has 0 atom stereocenters. The Morgan fingerprint density at radius 1 is 1.17 bits per heavy atom. The molecule has 0 aromatic carbocycles. The third-order valence-electron chi connectivity index (χ3n) is 3.08. The lowest BCUT2D eigenvalue weighted by atomic mass is 10.2. The Bertz CT molecular complexity index is 317. The van der Waals surface area contributed by atoms with Crippen LogP contribution in [-0.4, -0.2) is 25.1 Å². The van der Waals surface area contributed by atoms with Gasteiger partial charge in [0.1, 0.15) is 5.82 Å². The molecule has 1 aromatic rings. The lowest BCUT2D eigenvalue weighted by Crippen LogP contribution is -2.26. The summed E-state index contributed by atoms with van der Waals surface area (Å²) in [5.74, 6) is 1.13. The maximum Gasteiger partial charge on any atom is 0.128 e. The standard InChI is InChI=1S/C15H27N3/c1-4-6-10-18(11-7-5-2)15-12-14(13-16-3)8-9-17-15/h8-9,12,16H,4-7,10-11,13H2,1-3H3. The van der Waals surface area contributed by atoms with Gasteiger partial charge in [0.05, 0.1) is 0 Å². The van der Waals surface area contributed by atoms with Crippen LogP contribution in [0, 0.1) is 0 Å². The van der Waals surface area contributed by atoms with Crippen LogP contribution in [-0.2, 0) is 6.54 Å². The first-order chi connectivity index (χ1) is 8.81. The summed E-state index contributed by atoms with van der Waals surface area (Å²) < 4.78 is 0. The Morgan fingerprint density at radius 2 is 1.83 bits per heavy atom. The van der Waals surface area contributed by atoms with Gasteiger partial charge in [-0.3, -0.25) is 0 Å². The summed E-state index contributed by atoms with van der Waals surface area (Å²) in [6, 6.07) is 4.29. The highest BCUT2D eigenvalue weighted by Gasteiger charge is 2.07. The highest BCUT2D eigenvalue weighted by Crippen LogP contribution is 2.14. The summed E-state index contributed by atoms with van der Waals surface area (Å²) >= 11 is 0. The van der Waals surface area contributed by atoms with Gasteiger partial charge in [-0.1, -0.05) is 26.7 Å². The van der Waals surface area contributed by atoms with Crippen LogP contribution in [0.1, 0.15) is 45.1 Å². The number of anilines is 1. The van der Waals surface area contributed by atoms with Crippen LogP contribution in [0.3, 0.4) is 0 Å². The van der Waals surface area contributed by atoms with E-state index in [0.29, 0.717) is 0 Å². The monoisotopic (exact) mass is 249 g/mol. The van der Waals surface area contributed by atoms with Crippen molar-refractivity contribution < 1.29 is 0 Å². The van der Waals surface area contributed by atoms with Gasteiger partial charge in [-0.05, 0) is 37.6 Å². The molecule has 102 valence electrons. The van der Waals surface area contributed by atoms with Crippen molar-refractivity contribution in [2.75, 3.05) is 25.0 Å². The number of nitrogens with one attached hydrogen (secondary N) is 1. The molecule has 0 unspecified atom stereocenters.